The molecule has 48 heavy (non-hydrogen) atoms. The van der Waals surface area contributed by atoms with Crippen LogP contribution in [0.3, 0.4) is 0 Å². The monoisotopic (exact) mass is 662 g/mol. The van der Waals surface area contributed by atoms with Gasteiger partial charge in [-0.25, -0.2) is 17.6 Å². The van der Waals surface area contributed by atoms with Gasteiger partial charge in [-0.3, -0.25) is 9.88 Å². The van der Waals surface area contributed by atoms with E-state index in [-0.39, 0.29) is 58.7 Å². The van der Waals surface area contributed by atoms with Crippen molar-refractivity contribution in [2.75, 3.05) is 51.2 Å². The van der Waals surface area contributed by atoms with Gasteiger partial charge in [0.1, 0.15) is 41.4 Å². The topological polar surface area (TPSA) is 95.9 Å². The summed E-state index contributed by atoms with van der Waals surface area (Å²) in [6.45, 7) is 1.45. The number of piperazine rings is 1. The number of hydrogen-bond acceptors (Lipinski definition) is 9. The zero-order chi connectivity index (χ0) is 33.2. The quantitative estimate of drug-likeness (QED) is 0.199. The summed E-state index contributed by atoms with van der Waals surface area (Å²) >= 11 is 0. The van der Waals surface area contributed by atoms with Crippen LogP contribution in [0.1, 0.15) is 37.7 Å². The fourth-order valence-electron chi connectivity index (χ4n) is 8.46. The van der Waals surface area contributed by atoms with Crippen LogP contribution < -0.4 is 15.0 Å². The summed E-state index contributed by atoms with van der Waals surface area (Å²) in [4.78, 5) is 17.9. The number of aromatic nitrogens is 3. The molecular weight excluding hydrogens is 628 g/mol. The number of nitrogens with one attached hydrogen (secondary N) is 1. The highest BCUT2D eigenvalue weighted by atomic mass is 19.1. The molecule has 2 aromatic heterocycles. The van der Waals surface area contributed by atoms with Gasteiger partial charge in [-0.15, -0.1) is 6.42 Å². The average Bonchev–Trinajstić information content (AvgIpc) is 3.71. The molecule has 6 heterocycles. The zero-order valence-electron chi connectivity index (χ0n) is 26.1. The van der Waals surface area contributed by atoms with Crippen molar-refractivity contribution in [1.29, 1.82) is 0 Å². The molecule has 4 saturated heterocycles. The van der Waals surface area contributed by atoms with Crippen LogP contribution in [-0.2, 0) is 4.74 Å². The fraction of sp³-hybridized carbons (Fsp3) is 0.457. The first kappa shape index (κ1) is 31.0. The normalized spacial score (nSPS) is 26.8. The summed E-state index contributed by atoms with van der Waals surface area (Å²) in [7, 11) is 0. The molecule has 4 aromatic rings. The lowest BCUT2D eigenvalue weighted by Crippen LogP contribution is -2.62. The Balaban J connectivity index is 1.27. The van der Waals surface area contributed by atoms with E-state index in [1.54, 1.807) is 0 Å². The third-order valence-corrected chi connectivity index (χ3v) is 10.5. The molecule has 2 unspecified atom stereocenters. The van der Waals surface area contributed by atoms with Crippen LogP contribution in [0.5, 0.6) is 11.8 Å². The predicted octanol–water partition coefficient (Wildman–Crippen LogP) is 5.02. The van der Waals surface area contributed by atoms with Gasteiger partial charge in [-0.1, -0.05) is 12.0 Å². The lowest BCUT2D eigenvalue weighted by Gasteiger charge is -2.42. The first-order chi connectivity index (χ1) is 23.2. The summed E-state index contributed by atoms with van der Waals surface area (Å²) < 4.78 is 70.8. The van der Waals surface area contributed by atoms with Crippen LogP contribution in [0, 0.1) is 24.0 Å². The van der Waals surface area contributed by atoms with Gasteiger partial charge in [-0.2, -0.15) is 9.97 Å². The molecule has 8 rings (SSSR count). The number of nitrogens with zero attached hydrogens (tertiary/aromatic N) is 5. The van der Waals surface area contributed by atoms with Crippen LogP contribution in [0.4, 0.5) is 23.4 Å². The van der Waals surface area contributed by atoms with Crippen molar-refractivity contribution in [1.82, 2.24) is 25.2 Å². The molecule has 4 atom stereocenters. The van der Waals surface area contributed by atoms with E-state index in [0.717, 1.165) is 32.2 Å². The number of pyridine rings is 1. The lowest BCUT2D eigenvalue weighted by atomic mass is 9.95. The minimum absolute atomic E-state index is 0.0649. The minimum Gasteiger partial charge on any atom is -0.508 e. The first-order valence-corrected chi connectivity index (χ1v) is 16.2. The molecule has 0 aliphatic carbocycles. The molecule has 13 heteroatoms. The van der Waals surface area contributed by atoms with Gasteiger partial charge in [0, 0.05) is 49.2 Å². The molecule has 250 valence electrons. The van der Waals surface area contributed by atoms with Crippen molar-refractivity contribution < 1.29 is 32.1 Å². The number of halogens is 4. The number of phenolic OH excluding ortho intramolecular Hbond substituents is 1. The Labute approximate surface area is 274 Å². The maximum absolute atomic E-state index is 16.9. The van der Waals surface area contributed by atoms with Gasteiger partial charge in [0.15, 0.2) is 12.7 Å². The number of anilines is 1. The molecule has 2 N–H and O–H groups in total. The van der Waals surface area contributed by atoms with Gasteiger partial charge in [0.25, 0.3) is 0 Å². The van der Waals surface area contributed by atoms with Crippen molar-refractivity contribution in [3.8, 4) is 35.4 Å². The van der Waals surface area contributed by atoms with Crippen LogP contribution in [0.25, 0.3) is 32.9 Å². The highest BCUT2D eigenvalue weighted by molar-refractivity contribution is 6.03. The van der Waals surface area contributed by atoms with Gasteiger partial charge in [0.2, 0.25) is 0 Å². The molecule has 4 aliphatic heterocycles. The van der Waals surface area contributed by atoms with E-state index in [1.165, 1.54) is 30.5 Å². The smallest absolute Gasteiger partial charge is 0.319 e. The minimum atomic E-state index is -0.957. The summed E-state index contributed by atoms with van der Waals surface area (Å²) in [5.74, 6) is 1.06. The molecule has 0 amide bonds. The van der Waals surface area contributed by atoms with E-state index in [0.29, 0.717) is 42.6 Å². The van der Waals surface area contributed by atoms with Gasteiger partial charge < -0.3 is 24.8 Å². The third kappa shape index (κ3) is 5.09. The molecule has 2 aromatic carbocycles. The largest absolute Gasteiger partial charge is 0.508 e. The van der Waals surface area contributed by atoms with Crippen molar-refractivity contribution in [3.05, 3.63) is 47.7 Å². The number of ether oxygens (including phenoxy) is 2. The zero-order valence-corrected chi connectivity index (χ0v) is 26.1. The Morgan fingerprint density at radius 2 is 2.02 bits per heavy atom. The molecule has 0 spiro atoms. The maximum atomic E-state index is 16.9. The lowest BCUT2D eigenvalue weighted by molar-refractivity contribution is 0.0179. The Morgan fingerprint density at radius 1 is 1.15 bits per heavy atom. The third-order valence-electron chi connectivity index (χ3n) is 10.5. The van der Waals surface area contributed by atoms with E-state index < -0.39 is 35.7 Å². The Morgan fingerprint density at radius 3 is 2.85 bits per heavy atom. The predicted molar refractivity (Wildman–Crippen MR) is 171 cm³/mol. The molecule has 4 aliphatic rings. The molecule has 9 nitrogen and oxygen atoms in total. The number of aromatic hydroxyl groups is 1. The Kier molecular flexibility index (Phi) is 7.58. The van der Waals surface area contributed by atoms with E-state index in [4.69, 9.17) is 20.9 Å². The number of phenols is 1. The van der Waals surface area contributed by atoms with E-state index in [9.17, 15) is 18.3 Å². The standard InChI is InChI=1S/C35H34F4N6O3/c1-2-24-27(38)5-4-20-10-23(46)11-25(28(20)24)30-29(39)31-26(13-40-30)32(44-15-22-6-8-34(16-44,43-22)17-47-19-36)42-33(41-31)48-18-35-7-3-9-45(35)14-21(37)12-35/h1,4-5,10-11,13,21-22,43,46H,3,6-9,12,14-19H2/t21-,22?,34?,35+/m1/s1. The van der Waals surface area contributed by atoms with Crippen molar-refractivity contribution in [2.24, 2.45) is 0 Å². The number of alkyl halides is 2. The van der Waals surface area contributed by atoms with Crippen LogP contribution in [-0.4, -0.2) is 94.5 Å². The number of terminal acetylenes is 1. The first-order valence-electron chi connectivity index (χ1n) is 16.2. The van der Waals surface area contributed by atoms with Crippen molar-refractivity contribution >= 4 is 27.5 Å². The van der Waals surface area contributed by atoms with Gasteiger partial charge in [-0.05, 0) is 55.8 Å². The summed E-state index contributed by atoms with van der Waals surface area (Å²) in [6, 6.07) is 5.35. The highest BCUT2D eigenvalue weighted by Gasteiger charge is 2.50. The van der Waals surface area contributed by atoms with Crippen LogP contribution in [0.15, 0.2) is 30.5 Å². The number of hydrogen-bond donors (Lipinski definition) is 2. The number of benzene rings is 2. The second-order valence-electron chi connectivity index (χ2n) is 13.5. The van der Waals surface area contributed by atoms with Crippen LogP contribution in [0.2, 0.25) is 0 Å². The van der Waals surface area contributed by atoms with Crippen LogP contribution >= 0.6 is 0 Å². The Hall–Kier alpha value is -4.25. The van der Waals surface area contributed by atoms with Crippen molar-refractivity contribution in [3.63, 3.8) is 0 Å². The summed E-state index contributed by atoms with van der Waals surface area (Å²) in [6.07, 6.45) is 9.81. The molecule has 2 bridgehead atoms. The summed E-state index contributed by atoms with van der Waals surface area (Å²) in [5.41, 5.74) is -1.29. The highest BCUT2D eigenvalue weighted by Crippen LogP contribution is 2.42. The number of fused-ring (bicyclic) bond motifs is 5. The Bertz CT molecular complexity index is 1980. The molecule has 4 fully saturated rings. The summed E-state index contributed by atoms with van der Waals surface area (Å²) in [5, 5.41) is 15.1. The fourth-order valence-corrected chi connectivity index (χ4v) is 8.46. The molecular formula is C35H34F4N6O3. The van der Waals surface area contributed by atoms with Crippen molar-refractivity contribution in [2.45, 2.75) is 55.4 Å². The molecule has 0 radical (unpaired) electrons. The number of rotatable bonds is 8. The average molecular weight is 663 g/mol. The SMILES string of the molecule is C#Cc1c(F)ccc2cc(O)cc(-c3ncc4c(N5CC6CCC(COCF)(C5)N6)nc(OC[C@@]56CCCN5C[C@H](F)C6)nc4c3F)c12. The maximum Gasteiger partial charge on any atom is 0.319 e. The van der Waals surface area contributed by atoms with E-state index in [1.807, 2.05) is 4.90 Å². The van der Waals surface area contributed by atoms with E-state index in [2.05, 4.69) is 26.1 Å². The molecule has 0 saturated carbocycles. The van der Waals surface area contributed by atoms with Gasteiger partial charge >= 0.3 is 6.01 Å². The van der Waals surface area contributed by atoms with Gasteiger partial charge in [0.05, 0.1) is 28.6 Å². The van der Waals surface area contributed by atoms with E-state index >= 15 is 4.39 Å². The second kappa shape index (κ2) is 11.7. The second-order valence-corrected chi connectivity index (χ2v) is 13.5.